The van der Waals surface area contributed by atoms with Crippen LogP contribution in [0.1, 0.15) is 101 Å². The van der Waals surface area contributed by atoms with Gasteiger partial charge in [-0.1, -0.05) is 48.7 Å². The van der Waals surface area contributed by atoms with Gasteiger partial charge in [0.05, 0.1) is 19.3 Å². The maximum Gasteiger partial charge on any atom is 0.280 e. The zero-order chi connectivity index (χ0) is 47.1. The number of imide groups is 1. The van der Waals surface area contributed by atoms with Crippen molar-refractivity contribution in [3.63, 3.8) is 0 Å². The van der Waals surface area contributed by atoms with Crippen molar-refractivity contribution in [2.45, 2.75) is 89.9 Å². The van der Waals surface area contributed by atoms with Crippen molar-refractivity contribution >= 4 is 52.6 Å². The Morgan fingerprint density at radius 2 is 1.81 bits per heavy atom. The summed E-state index contributed by atoms with van der Waals surface area (Å²) in [7, 11) is 1.69. The first-order chi connectivity index (χ1) is 32.5. The Morgan fingerprint density at radius 3 is 2.64 bits per heavy atom. The SMILES string of the molecule is C[N+](C(=N)c1ccncn1)=C(N)CNc1cccc(C(=O)NCc2cccc(OCCCCCCCn3cc(CCCC(=O)Nc4cccc5c4CN(C4CCC(=O)NC4=O)C5=O)nn3)c2)c1. The van der Waals surface area contributed by atoms with Gasteiger partial charge in [-0.15, -0.1) is 5.10 Å². The molecule has 0 aliphatic carbocycles. The van der Waals surface area contributed by atoms with Crippen molar-refractivity contribution in [3.05, 3.63) is 125 Å². The van der Waals surface area contributed by atoms with Crippen molar-refractivity contribution in [2.75, 3.05) is 30.8 Å². The minimum absolute atomic E-state index is 0.144. The van der Waals surface area contributed by atoms with Crippen molar-refractivity contribution in [1.82, 2.24) is 40.5 Å². The molecule has 7 N–H and O–H groups in total. The van der Waals surface area contributed by atoms with E-state index in [4.69, 9.17) is 15.9 Å². The molecule has 348 valence electrons. The van der Waals surface area contributed by atoms with E-state index in [1.807, 2.05) is 41.2 Å². The number of carbonyl (C=O) groups excluding carboxylic acids is 5. The first kappa shape index (κ1) is 47.1. The number of amides is 5. The zero-order valence-corrected chi connectivity index (χ0v) is 37.5. The molecule has 19 nitrogen and oxygen atoms in total. The number of nitrogens with two attached hydrogens (primary N) is 1. The normalized spacial score (nSPS) is 14.8. The lowest BCUT2D eigenvalue weighted by atomic mass is 10.0. The van der Waals surface area contributed by atoms with E-state index in [1.54, 1.807) is 55.7 Å². The molecule has 2 aromatic heterocycles. The highest BCUT2D eigenvalue weighted by molar-refractivity contribution is 6.07. The monoisotopic (exact) mass is 910 g/mol. The van der Waals surface area contributed by atoms with Crippen LogP contribution in [0, 0.1) is 5.41 Å². The zero-order valence-electron chi connectivity index (χ0n) is 37.5. The van der Waals surface area contributed by atoms with Crippen LogP contribution in [0.25, 0.3) is 0 Å². The number of hydrogen-bond acceptors (Lipinski definition) is 12. The number of carbonyl (C=O) groups is 5. The van der Waals surface area contributed by atoms with Crippen LogP contribution >= 0.6 is 0 Å². The fraction of sp³-hybridized carbons (Fsp3) is 0.354. The maximum absolute atomic E-state index is 13.1. The van der Waals surface area contributed by atoms with E-state index in [1.165, 1.54) is 15.8 Å². The van der Waals surface area contributed by atoms with Gasteiger partial charge >= 0.3 is 0 Å². The lowest BCUT2D eigenvalue weighted by Crippen LogP contribution is -2.52. The van der Waals surface area contributed by atoms with Crippen molar-refractivity contribution < 1.29 is 33.3 Å². The van der Waals surface area contributed by atoms with Crippen molar-refractivity contribution in [2.24, 2.45) is 5.73 Å². The van der Waals surface area contributed by atoms with Gasteiger partial charge in [0.2, 0.25) is 23.6 Å². The van der Waals surface area contributed by atoms with Crippen LogP contribution in [0.5, 0.6) is 5.75 Å². The average molecular weight is 911 g/mol. The smallest absolute Gasteiger partial charge is 0.280 e. The Kier molecular flexibility index (Phi) is 16.1. The third kappa shape index (κ3) is 12.9. The number of aromatic nitrogens is 5. The van der Waals surface area contributed by atoms with E-state index in [9.17, 15) is 24.0 Å². The predicted molar refractivity (Wildman–Crippen MR) is 249 cm³/mol. The molecule has 0 bridgehead atoms. The predicted octanol–water partition coefficient (Wildman–Crippen LogP) is 4.19. The average Bonchev–Trinajstić information content (AvgIpc) is 3.94. The summed E-state index contributed by atoms with van der Waals surface area (Å²) >= 11 is 0. The lowest BCUT2D eigenvalue weighted by molar-refractivity contribution is -0.373. The molecule has 4 heterocycles. The van der Waals surface area contributed by atoms with Crippen LogP contribution in [-0.2, 0) is 40.4 Å². The number of piperidine rings is 1. The highest BCUT2D eigenvalue weighted by Gasteiger charge is 2.40. The van der Waals surface area contributed by atoms with E-state index in [0.717, 1.165) is 55.7 Å². The number of rotatable bonds is 22. The first-order valence-corrected chi connectivity index (χ1v) is 22.5. The van der Waals surface area contributed by atoms with Crippen LogP contribution in [0.4, 0.5) is 11.4 Å². The van der Waals surface area contributed by atoms with Crippen molar-refractivity contribution in [3.8, 4) is 5.75 Å². The van der Waals surface area contributed by atoms with Crippen LogP contribution in [0.2, 0.25) is 0 Å². The van der Waals surface area contributed by atoms with Crippen LogP contribution in [0.15, 0.2) is 91.5 Å². The second-order valence-electron chi connectivity index (χ2n) is 16.5. The number of amidine groups is 2. The molecule has 2 aliphatic rings. The Labute approximate surface area is 388 Å². The second-order valence-corrected chi connectivity index (χ2v) is 16.5. The lowest BCUT2D eigenvalue weighted by Gasteiger charge is -2.29. The summed E-state index contributed by atoms with van der Waals surface area (Å²) in [4.78, 5) is 72.5. The number of benzene rings is 3. The fourth-order valence-electron chi connectivity index (χ4n) is 7.86. The van der Waals surface area contributed by atoms with Crippen LogP contribution < -0.4 is 31.7 Å². The Bertz CT molecular complexity index is 2630. The van der Waals surface area contributed by atoms with Gasteiger partial charge in [0.1, 0.15) is 30.4 Å². The third-order valence-corrected chi connectivity index (χ3v) is 11.6. The maximum atomic E-state index is 13.1. The molecule has 0 saturated carbocycles. The molecule has 7 rings (SSSR count). The molecule has 3 aromatic carbocycles. The summed E-state index contributed by atoms with van der Waals surface area (Å²) < 4.78 is 9.41. The summed E-state index contributed by atoms with van der Waals surface area (Å²) in [6.45, 7) is 2.14. The number of nitrogens with zero attached hydrogens (tertiary/aromatic N) is 7. The highest BCUT2D eigenvalue weighted by Crippen LogP contribution is 2.32. The van der Waals surface area contributed by atoms with Crippen molar-refractivity contribution in [1.29, 1.82) is 5.41 Å². The number of hydrogen-bond donors (Lipinski definition) is 6. The minimum atomic E-state index is -0.720. The summed E-state index contributed by atoms with van der Waals surface area (Å²) in [6, 6.07) is 20.9. The van der Waals surface area contributed by atoms with E-state index < -0.39 is 11.9 Å². The molecule has 19 heteroatoms. The molecule has 0 spiro atoms. The number of anilines is 2. The van der Waals surface area contributed by atoms with Crippen LogP contribution in [0.3, 0.4) is 0 Å². The molecular weight excluding hydrogens is 855 g/mol. The highest BCUT2D eigenvalue weighted by atomic mass is 16.5. The molecule has 1 fully saturated rings. The van der Waals surface area contributed by atoms with Gasteiger partial charge in [-0.25, -0.2) is 14.5 Å². The quantitative estimate of drug-likeness (QED) is 0.0188. The van der Waals surface area contributed by atoms with E-state index in [-0.39, 0.29) is 61.8 Å². The molecule has 0 radical (unpaired) electrons. The van der Waals surface area contributed by atoms with Gasteiger partial charge in [-0.2, -0.15) is 5.41 Å². The van der Waals surface area contributed by atoms with Gasteiger partial charge in [0.15, 0.2) is 0 Å². The van der Waals surface area contributed by atoms with Crippen LogP contribution in [-0.4, -0.2) is 102 Å². The Hall–Kier alpha value is -7.83. The van der Waals surface area contributed by atoms with Gasteiger partial charge in [0.25, 0.3) is 17.6 Å². The number of aryl methyl sites for hydroxylation is 2. The molecule has 1 saturated heterocycles. The number of unbranched alkanes of at least 4 members (excludes halogenated alkanes) is 4. The molecule has 1 atom stereocenters. The van der Waals surface area contributed by atoms with Gasteiger partial charge < -0.3 is 31.3 Å². The summed E-state index contributed by atoms with van der Waals surface area (Å²) in [6.07, 6.45) is 11.8. The Morgan fingerprint density at radius 1 is 0.985 bits per heavy atom. The third-order valence-electron chi connectivity index (χ3n) is 11.6. The van der Waals surface area contributed by atoms with E-state index >= 15 is 0 Å². The summed E-state index contributed by atoms with van der Waals surface area (Å²) in [5.74, 6) is -0.181. The molecule has 5 amide bonds. The molecular formula is C48H56N13O6+. The van der Waals surface area contributed by atoms with E-state index in [0.29, 0.717) is 65.6 Å². The number of nitrogens with one attached hydrogen (secondary N) is 5. The molecule has 1 unspecified atom stereocenters. The minimum Gasteiger partial charge on any atom is -0.494 e. The number of fused-ring (bicyclic) bond motifs is 1. The first-order valence-electron chi connectivity index (χ1n) is 22.5. The van der Waals surface area contributed by atoms with Gasteiger partial charge in [-0.05, 0) is 86.2 Å². The molecule has 5 aromatic rings. The molecule has 2 aliphatic heterocycles. The topological polar surface area (TPSA) is 255 Å². The van der Waals surface area contributed by atoms with Gasteiger partial charge in [-0.3, -0.25) is 34.0 Å². The fourth-order valence-corrected chi connectivity index (χ4v) is 7.86. The Balaban J connectivity index is 0.738. The van der Waals surface area contributed by atoms with Gasteiger partial charge in [0, 0.05) is 72.9 Å². The summed E-state index contributed by atoms with van der Waals surface area (Å²) in [5.41, 5.74) is 11.3. The molecule has 67 heavy (non-hydrogen) atoms. The van der Waals surface area contributed by atoms with E-state index in [2.05, 4.69) is 41.5 Å². The second kappa shape index (κ2) is 22.9. The summed E-state index contributed by atoms with van der Waals surface area (Å²) in [5, 5.41) is 28.4. The standard InChI is InChI=1S/C48H55N13O6/c1-59(45(50)40-21-22-51-31-54-40)42(49)28-52-34-13-8-12-33(26-34)46(64)53-27-32-11-7-15-36(25-32)67-24-6-4-2-3-5-23-60-29-35(57-58-60)14-9-18-43(62)55-39-17-10-16-37-38(39)30-61(48(37)66)41-19-20-44(63)56-47(41)65/h7-8,10-13,15-17,21-22,25-26,29,31,41,49-50,52H,2-6,9,14,18-20,23-24,27-28,30H2,1H3,(H3,53,55,56,62,63,64,65)/p+1. The number of ether oxygens (including phenoxy) is 1. The largest absolute Gasteiger partial charge is 0.494 e.